The minimum absolute atomic E-state index is 0.0213. The summed E-state index contributed by atoms with van der Waals surface area (Å²) in [6, 6.07) is 4.32. The SMILES string of the molecule is C[C@](C(=O)NC1CCOCC1)(c1cncnc1)N(C(=O)[C@H](F)Cl)c1ccc(OC(F)(F)Cl)cc1. The van der Waals surface area contributed by atoms with Crippen molar-refractivity contribution < 1.29 is 32.2 Å². The van der Waals surface area contributed by atoms with Crippen molar-refractivity contribution >= 4 is 40.7 Å². The number of hydrogen-bond donors (Lipinski definition) is 1. The Balaban J connectivity index is 2.07. The first-order valence-electron chi connectivity index (χ1n) is 10.1. The van der Waals surface area contributed by atoms with E-state index in [9.17, 15) is 22.8 Å². The summed E-state index contributed by atoms with van der Waals surface area (Å²) >= 11 is 10.3. The van der Waals surface area contributed by atoms with Crippen LogP contribution in [0.3, 0.4) is 0 Å². The molecule has 1 saturated heterocycles. The lowest BCUT2D eigenvalue weighted by molar-refractivity contribution is -0.132. The van der Waals surface area contributed by atoms with Gasteiger partial charge >= 0.3 is 5.57 Å². The van der Waals surface area contributed by atoms with E-state index >= 15 is 0 Å². The smallest absolute Gasteiger partial charge is 0.420 e. The van der Waals surface area contributed by atoms with Crippen molar-refractivity contribution in [2.75, 3.05) is 18.1 Å². The summed E-state index contributed by atoms with van der Waals surface area (Å²) in [7, 11) is 0. The third-order valence-corrected chi connectivity index (χ3v) is 5.57. The molecule has 0 bridgehead atoms. The molecule has 2 heterocycles. The predicted octanol–water partition coefficient (Wildman–Crippen LogP) is 3.72. The van der Waals surface area contributed by atoms with Gasteiger partial charge in [-0.15, -0.1) is 8.78 Å². The molecule has 3 rings (SSSR count). The number of alkyl halides is 5. The first-order chi connectivity index (χ1) is 16.0. The molecule has 34 heavy (non-hydrogen) atoms. The van der Waals surface area contributed by atoms with Gasteiger partial charge in [0.15, 0.2) is 5.54 Å². The lowest BCUT2D eigenvalue weighted by Gasteiger charge is -2.41. The summed E-state index contributed by atoms with van der Waals surface area (Å²) < 4.78 is 49.7. The van der Waals surface area contributed by atoms with E-state index in [1.807, 2.05) is 0 Å². The Kier molecular flexibility index (Phi) is 8.21. The topological polar surface area (TPSA) is 93.6 Å². The van der Waals surface area contributed by atoms with E-state index in [4.69, 9.17) is 27.9 Å². The second-order valence-electron chi connectivity index (χ2n) is 7.58. The van der Waals surface area contributed by atoms with Gasteiger partial charge in [0.05, 0.1) is 0 Å². The number of carbonyl (C=O) groups is 2. The fraction of sp³-hybridized carbons (Fsp3) is 0.429. The Morgan fingerprint density at radius 3 is 2.32 bits per heavy atom. The second-order valence-corrected chi connectivity index (χ2v) is 8.40. The van der Waals surface area contributed by atoms with Gasteiger partial charge in [-0.05, 0) is 44.0 Å². The van der Waals surface area contributed by atoms with Crippen molar-refractivity contribution in [1.29, 1.82) is 0 Å². The molecule has 1 aromatic heterocycles. The molecule has 2 amide bonds. The number of carbonyl (C=O) groups excluding carboxylic acids is 2. The first-order valence-corrected chi connectivity index (χ1v) is 11.0. The zero-order chi connectivity index (χ0) is 24.9. The van der Waals surface area contributed by atoms with Gasteiger partial charge in [0, 0.05) is 54.5 Å². The largest absolute Gasteiger partial charge is 0.487 e. The number of halogens is 5. The fourth-order valence-corrected chi connectivity index (χ4v) is 3.77. The number of hydrogen-bond acceptors (Lipinski definition) is 6. The second kappa shape index (κ2) is 10.7. The highest BCUT2D eigenvalue weighted by molar-refractivity contribution is 6.32. The number of nitrogens with one attached hydrogen (secondary N) is 1. The van der Waals surface area contributed by atoms with Crippen LogP contribution >= 0.6 is 23.2 Å². The average molecular weight is 521 g/mol. The molecule has 0 aliphatic carbocycles. The van der Waals surface area contributed by atoms with E-state index in [1.54, 1.807) is 0 Å². The van der Waals surface area contributed by atoms with Crippen molar-refractivity contribution in [3.05, 3.63) is 48.5 Å². The van der Waals surface area contributed by atoms with E-state index in [2.05, 4.69) is 20.0 Å². The highest BCUT2D eigenvalue weighted by atomic mass is 35.5. The van der Waals surface area contributed by atoms with Crippen molar-refractivity contribution in [3.8, 4) is 5.75 Å². The Hall–Kier alpha value is -2.63. The lowest BCUT2D eigenvalue weighted by atomic mass is 9.89. The lowest BCUT2D eigenvalue weighted by Crippen LogP contribution is -2.60. The number of amides is 2. The van der Waals surface area contributed by atoms with Crippen LogP contribution in [0.5, 0.6) is 5.75 Å². The van der Waals surface area contributed by atoms with Crippen LogP contribution in [0.1, 0.15) is 25.3 Å². The summed E-state index contributed by atoms with van der Waals surface area (Å²) in [5.74, 6) is -2.23. The Morgan fingerprint density at radius 2 is 1.79 bits per heavy atom. The van der Waals surface area contributed by atoms with Crippen LogP contribution in [0.25, 0.3) is 0 Å². The Labute approximate surface area is 203 Å². The fourth-order valence-electron chi connectivity index (χ4n) is 3.58. The van der Waals surface area contributed by atoms with E-state index in [1.165, 1.54) is 37.8 Å². The zero-order valence-corrected chi connectivity index (χ0v) is 19.4. The van der Waals surface area contributed by atoms with E-state index in [-0.39, 0.29) is 23.0 Å². The molecule has 1 aliphatic rings. The maximum Gasteiger partial charge on any atom is 0.487 e. The van der Waals surface area contributed by atoms with Crippen LogP contribution in [-0.2, 0) is 19.9 Å². The Morgan fingerprint density at radius 1 is 1.21 bits per heavy atom. The van der Waals surface area contributed by atoms with Gasteiger partial charge in [-0.1, -0.05) is 11.6 Å². The third-order valence-electron chi connectivity index (χ3n) is 5.30. The minimum Gasteiger partial charge on any atom is -0.420 e. The average Bonchev–Trinajstić information content (AvgIpc) is 2.80. The molecule has 2 aromatic rings. The van der Waals surface area contributed by atoms with Crippen molar-refractivity contribution in [1.82, 2.24) is 15.3 Å². The van der Waals surface area contributed by atoms with E-state index in [0.29, 0.717) is 26.1 Å². The molecule has 0 saturated carbocycles. The molecule has 1 fully saturated rings. The number of rotatable bonds is 8. The van der Waals surface area contributed by atoms with Crippen molar-refractivity contribution in [2.24, 2.45) is 0 Å². The quantitative estimate of drug-likeness (QED) is 0.533. The van der Waals surface area contributed by atoms with Crippen LogP contribution in [-0.4, -0.2) is 52.2 Å². The number of ether oxygens (including phenoxy) is 2. The molecule has 1 N–H and O–H groups in total. The van der Waals surface area contributed by atoms with Gasteiger partial charge in [0.1, 0.15) is 12.1 Å². The van der Waals surface area contributed by atoms with E-state index in [0.717, 1.165) is 17.0 Å². The molecule has 0 radical (unpaired) electrons. The van der Waals surface area contributed by atoms with Gasteiger partial charge < -0.3 is 14.8 Å². The number of benzene rings is 1. The molecular formula is C21H21Cl2F3N4O4. The third kappa shape index (κ3) is 6.08. The van der Waals surface area contributed by atoms with Gasteiger partial charge in [0.2, 0.25) is 0 Å². The number of anilines is 1. The number of nitrogens with zero attached hydrogens (tertiary/aromatic N) is 3. The molecule has 1 aliphatic heterocycles. The number of aromatic nitrogens is 2. The summed E-state index contributed by atoms with van der Waals surface area (Å²) in [6.07, 6.45) is 4.93. The summed E-state index contributed by atoms with van der Waals surface area (Å²) in [5, 5.41) is 2.87. The van der Waals surface area contributed by atoms with Gasteiger partial charge in [0.25, 0.3) is 17.4 Å². The zero-order valence-electron chi connectivity index (χ0n) is 17.9. The van der Waals surface area contributed by atoms with Gasteiger partial charge in [-0.25, -0.2) is 14.4 Å². The molecule has 13 heteroatoms. The minimum atomic E-state index is -3.96. The van der Waals surface area contributed by atoms with Crippen molar-refractivity contribution in [3.63, 3.8) is 0 Å². The Bertz CT molecular complexity index is 990. The summed E-state index contributed by atoms with van der Waals surface area (Å²) in [6.45, 7) is 2.27. The maximum absolute atomic E-state index is 14.2. The molecule has 184 valence electrons. The van der Waals surface area contributed by atoms with Crippen LogP contribution in [0.4, 0.5) is 18.9 Å². The standard InChI is InChI=1S/C21H21Cl2F3N4O4/c1-20(13-10-27-12-28-11-13,19(32)29-14-6-8-33-9-7-14)30(18(31)17(22)24)15-2-4-16(5-3-15)34-21(23,25)26/h2-5,10-12,14,17H,6-9H2,1H3,(H,29,32)/t17-,20+/m0/s1. The molecule has 2 atom stereocenters. The highest BCUT2D eigenvalue weighted by Gasteiger charge is 2.47. The van der Waals surface area contributed by atoms with Crippen molar-refractivity contribution in [2.45, 2.75) is 42.5 Å². The molecule has 0 spiro atoms. The highest BCUT2D eigenvalue weighted by Crippen LogP contribution is 2.36. The monoisotopic (exact) mass is 520 g/mol. The van der Waals surface area contributed by atoms with Crippen LogP contribution in [0.15, 0.2) is 43.0 Å². The van der Waals surface area contributed by atoms with Gasteiger partial charge in [-0.3, -0.25) is 14.5 Å². The van der Waals surface area contributed by atoms with Crippen LogP contribution in [0.2, 0.25) is 0 Å². The predicted molar refractivity (Wildman–Crippen MR) is 117 cm³/mol. The van der Waals surface area contributed by atoms with Crippen LogP contribution < -0.4 is 15.0 Å². The summed E-state index contributed by atoms with van der Waals surface area (Å²) in [4.78, 5) is 35.3. The molecular weight excluding hydrogens is 500 g/mol. The van der Waals surface area contributed by atoms with E-state index < -0.39 is 28.6 Å². The first kappa shape index (κ1) is 26.0. The molecule has 8 nitrogen and oxygen atoms in total. The van der Waals surface area contributed by atoms with Crippen LogP contribution in [0, 0.1) is 0 Å². The maximum atomic E-state index is 14.2. The molecule has 1 aromatic carbocycles. The normalized spacial score (nSPS) is 17.4. The molecule has 0 unspecified atom stereocenters. The van der Waals surface area contributed by atoms with Gasteiger partial charge in [-0.2, -0.15) is 0 Å². The summed E-state index contributed by atoms with van der Waals surface area (Å²) in [5.41, 5.74) is -8.20.